The average molecular weight is 337 g/mol. The van der Waals surface area contributed by atoms with Gasteiger partial charge in [0.2, 0.25) is 5.91 Å². The van der Waals surface area contributed by atoms with Crippen LogP contribution in [0.3, 0.4) is 0 Å². The maximum Gasteiger partial charge on any atom is 0.234 e. The zero-order valence-corrected chi connectivity index (χ0v) is 13.4. The van der Waals surface area contributed by atoms with Crippen LogP contribution in [0.1, 0.15) is 5.69 Å². The molecule has 108 valence electrons. The van der Waals surface area contributed by atoms with E-state index in [1.807, 2.05) is 25.1 Å². The first-order valence-corrected chi connectivity index (χ1v) is 8.53. The third-order valence-electron chi connectivity index (χ3n) is 2.67. The smallest absolute Gasteiger partial charge is 0.234 e. The Morgan fingerprint density at radius 3 is 3.05 bits per heavy atom. The number of hydrogen-bond donors (Lipinski definition) is 2. The molecule has 0 atom stereocenters. The van der Waals surface area contributed by atoms with Gasteiger partial charge in [0, 0.05) is 0 Å². The van der Waals surface area contributed by atoms with Crippen LogP contribution in [0.25, 0.3) is 11.0 Å². The van der Waals surface area contributed by atoms with Crippen LogP contribution in [-0.4, -0.2) is 25.4 Å². The van der Waals surface area contributed by atoms with Gasteiger partial charge in [0.05, 0.1) is 33.1 Å². The first-order valence-electron chi connectivity index (χ1n) is 6.00. The van der Waals surface area contributed by atoms with Crippen LogP contribution >= 0.6 is 34.8 Å². The summed E-state index contributed by atoms with van der Waals surface area (Å²) in [5.41, 5.74) is 8.70. The summed E-state index contributed by atoms with van der Waals surface area (Å²) in [4.78, 5) is 16.2. The maximum absolute atomic E-state index is 12.0. The number of hydrogen-bond acceptors (Lipinski definition) is 8. The number of carbonyl (C=O) groups excluding carboxylic acids is 1. The van der Waals surface area contributed by atoms with Crippen molar-refractivity contribution in [3.63, 3.8) is 0 Å². The molecule has 0 unspecified atom stereocenters. The average Bonchev–Trinajstić information content (AvgIpc) is 3.03. The molecule has 0 aliphatic rings. The van der Waals surface area contributed by atoms with E-state index in [4.69, 9.17) is 5.73 Å². The number of fused-ring (bicyclic) bond motifs is 1. The highest BCUT2D eigenvalue weighted by atomic mass is 32.2. The van der Waals surface area contributed by atoms with Gasteiger partial charge in [-0.2, -0.15) is 8.75 Å². The molecular weight excluding hydrogens is 326 g/mol. The number of nitrogen functional groups attached to an aromatic ring is 1. The van der Waals surface area contributed by atoms with Crippen LogP contribution < -0.4 is 11.1 Å². The first kappa shape index (κ1) is 14.2. The lowest BCUT2D eigenvalue weighted by molar-refractivity contribution is -0.113. The quantitative estimate of drug-likeness (QED) is 0.711. The number of nitrogens with one attached hydrogen (secondary N) is 1. The van der Waals surface area contributed by atoms with E-state index >= 15 is 0 Å². The van der Waals surface area contributed by atoms with Crippen LogP contribution in [-0.2, 0) is 4.79 Å². The zero-order valence-electron chi connectivity index (χ0n) is 11.0. The van der Waals surface area contributed by atoms with Crippen molar-refractivity contribution in [3.05, 3.63) is 23.9 Å². The number of amides is 1. The number of nitrogens with zero attached hydrogens (tertiary/aromatic N) is 3. The van der Waals surface area contributed by atoms with Crippen molar-refractivity contribution in [1.82, 2.24) is 13.7 Å². The SMILES string of the molecule is Cc1nc(N)sc1SCC(=O)Nc1cccc2nsnc12. The summed E-state index contributed by atoms with van der Waals surface area (Å²) >= 11 is 3.96. The molecule has 6 nitrogen and oxygen atoms in total. The molecule has 3 N–H and O–H groups in total. The number of anilines is 2. The molecule has 9 heteroatoms. The second kappa shape index (κ2) is 5.96. The Labute approximate surface area is 133 Å². The Hall–Kier alpha value is -1.71. The van der Waals surface area contributed by atoms with E-state index in [2.05, 4.69) is 19.0 Å². The van der Waals surface area contributed by atoms with Gasteiger partial charge in [0.15, 0.2) is 5.13 Å². The van der Waals surface area contributed by atoms with Gasteiger partial charge in [0.1, 0.15) is 11.0 Å². The van der Waals surface area contributed by atoms with Crippen LogP contribution in [0.4, 0.5) is 10.8 Å². The maximum atomic E-state index is 12.0. The molecule has 2 aromatic heterocycles. The third-order valence-corrected chi connectivity index (χ3v) is 5.56. The molecule has 0 saturated carbocycles. The Morgan fingerprint density at radius 2 is 2.29 bits per heavy atom. The molecule has 0 spiro atoms. The molecule has 0 bridgehead atoms. The third kappa shape index (κ3) is 3.14. The van der Waals surface area contributed by atoms with E-state index in [0.29, 0.717) is 16.6 Å². The molecular formula is C12H11N5OS3. The van der Waals surface area contributed by atoms with Crippen molar-refractivity contribution in [3.8, 4) is 0 Å². The molecule has 1 amide bonds. The fraction of sp³-hybridized carbons (Fsp3) is 0.167. The highest BCUT2D eigenvalue weighted by Gasteiger charge is 2.11. The van der Waals surface area contributed by atoms with Crippen molar-refractivity contribution in [2.24, 2.45) is 0 Å². The Bertz CT molecular complexity index is 797. The van der Waals surface area contributed by atoms with Crippen LogP contribution in [0.5, 0.6) is 0 Å². The standard InChI is InChI=1S/C12H11N5OS3/c1-6-11(20-12(13)14-6)19-5-9(18)15-7-3-2-4-8-10(7)17-21-16-8/h2-4H,5H2,1H3,(H2,13,14)(H,15,18). The van der Waals surface area contributed by atoms with Crippen molar-refractivity contribution in [1.29, 1.82) is 0 Å². The Morgan fingerprint density at radius 1 is 1.43 bits per heavy atom. The summed E-state index contributed by atoms with van der Waals surface area (Å²) in [5, 5.41) is 3.39. The van der Waals surface area contributed by atoms with Gasteiger partial charge in [-0.05, 0) is 19.1 Å². The van der Waals surface area contributed by atoms with Crippen LogP contribution in [0.2, 0.25) is 0 Å². The van der Waals surface area contributed by atoms with E-state index < -0.39 is 0 Å². The predicted octanol–water partition coefficient (Wildman–Crippen LogP) is 2.77. The van der Waals surface area contributed by atoms with Gasteiger partial charge in [-0.1, -0.05) is 17.4 Å². The fourth-order valence-corrected chi connectivity index (χ4v) is 4.13. The molecule has 1 aromatic carbocycles. The molecule has 3 aromatic rings. The van der Waals surface area contributed by atoms with Crippen LogP contribution in [0.15, 0.2) is 22.4 Å². The predicted molar refractivity (Wildman–Crippen MR) is 88.0 cm³/mol. The summed E-state index contributed by atoms with van der Waals surface area (Å²) in [6, 6.07) is 5.54. The van der Waals surface area contributed by atoms with E-state index in [0.717, 1.165) is 32.7 Å². The van der Waals surface area contributed by atoms with Gasteiger partial charge in [0.25, 0.3) is 0 Å². The van der Waals surface area contributed by atoms with Gasteiger partial charge < -0.3 is 11.1 Å². The molecule has 0 fully saturated rings. The fourth-order valence-electron chi connectivity index (χ4n) is 1.76. The minimum atomic E-state index is -0.0909. The van der Waals surface area contributed by atoms with Gasteiger partial charge >= 0.3 is 0 Å². The van der Waals surface area contributed by atoms with Crippen molar-refractivity contribution in [2.75, 3.05) is 16.8 Å². The van der Waals surface area contributed by atoms with E-state index in [9.17, 15) is 4.79 Å². The molecule has 0 aliphatic heterocycles. The number of thiazole rings is 1. The lowest BCUT2D eigenvalue weighted by Crippen LogP contribution is -2.14. The van der Waals surface area contributed by atoms with E-state index in [-0.39, 0.29) is 5.91 Å². The van der Waals surface area contributed by atoms with Crippen molar-refractivity contribution >= 4 is 62.6 Å². The van der Waals surface area contributed by atoms with Gasteiger partial charge in [-0.15, -0.1) is 11.8 Å². The number of nitrogens with two attached hydrogens (primary N) is 1. The van der Waals surface area contributed by atoms with E-state index in [1.165, 1.54) is 23.1 Å². The minimum absolute atomic E-state index is 0.0909. The topological polar surface area (TPSA) is 93.8 Å². The molecule has 21 heavy (non-hydrogen) atoms. The number of carbonyl (C=O) groups is 1. The highest BCUT2D eigenvalue weighted by Crippen LogP contribution is 2.30. The summed E-state index contributed by atoms with van der Waals surface area (Å²) < 4.78 is 9.31. The van der Waals surface area contributed by atoms with Crippen molar-refractivity contribution in [2.45, 2.75) is 11.1 Å². The molecule has 0 radical (unpaired) electrons. The lowest BCUT2D eigenvalue weighted by Gasteiger charge is -2.04. The summed E-state index contributed by atoms with van der Waals surface area (Å²) in [7, 11) is 0. The molecule has 3 rings (SSSR count). The summed E-state index contributed by atoms with van der Waals surface area (Å²) in [6.45, 7) is 1.88. The molecule has 2 heterocycles. The van der Waals surface area contributed by atoms with Gasteiger partial charge in [-0.25, -0.2) is 4.98 Å². The number of benzene rings is 1. The second-order valence-electron chi connectivity index (χ2n) is 4.20. The highest BCUT2D eigenvalue weighted by molar-refractivity contribution is 8.01. The first-order chi connectivity index (χ1) is 10.1. The number of aromatic nitrogens is 3. The monoisotopic (exact) mass is 337 g/mol. The Balaban J connectivity index is 1.67. The number of rotatable bonds is 4. The second-order valence-corrected chi connectivity index (χ2v) is 7.00. The number of thioether (sulfide) groups is 1. The molecule has 0 saturated heterocycles. The zero-order chi connectivity index (χ0) is 14.8. The minimum Gasteiger partial charge on any atom is -0.375 e. The summed E-state index contributed by atoms with van der Waals surface area (Å²) in [6.07, 6.45) is 0. The van der Waals surface area contributed by atoms with Crippen molar-refractivity contribution < 1.29 is 4.79 Å². The lowest BCUT2D eigenvalue weighted by atomic mass is 10.2. The largest absolute Gasteiger partial charge is 0.375 e. The normalized spacial score (nSPS) is 10.9. The Kier molecular flexibility index (Phi) is 4.04. The van der Waals surface area contributed by atoms with Gasteiger partial charge in [-0.3, -0.25) is 4.79 Å². The number of aryl methyl sites for hydroxylation is 1. The summed E-state index contributed by atoms with van der Waals surface area (Å²) in [5.74, 6) is 0.211. The van der Waals surface area contributed by atoms with E-state index in [1.54, 1.807) is 0 Å². The van der Waals surface area contributed by atoms with Crippen LogP contribution in [0, 0.1) is 6.92 Å². The molecule has 0 aliphatic carbocycles.